The summed E-state index contributed by atoms with van der Waals surface area (Å²) in [6, 6.07) is 4.19. The first-order chi connectivity index (χ1) is 10.3. The first-order valence-corrected chi connectivity index (χ1v) is 7.83. The summed E-state index contributed by atoms with van der Waals surface area (Å²) in [7, 11) is 0. The van der Waals surface area contributed by atoms with Gasteiger partial charge in [0.2, 0.25) is 11.7 Å². The van der Waals surface area contributed by atoms with Gasteiger partial charge in [-0.1, -0.05) is 23.7 Å². The van der Waals surface area contributed by atoms with E-state index in [1.165, 1.54) is 0 Å². The summed E-state index contributed by atoms with van der Waals surface area (Å²) >= 11 is 6.12. The van der Waals surface area contributed by atoms with Crippen LogP contribution >= 0.6 is 11.6 Å². The number of rotatable bonds is 4. The molecule has 0 saturated heterocycles. The molecule has 2 heterocycles. The molecule has 0 spiro atoms. The third-order valence-electron chi connectivity index (χ3n) is 3.98. The molecule has 1 N–H and O–H groups in total. The second-order valence-corrected chi connectivity index (χ2v) is 5.80. The lowest BCUT2D eigenvalue weighted by Gasteiger charge is -2.26. The van der Waals surface area contributed by atoms with Gasteiger partial charge in [0.15, 0.2) is 0 Å². The van der Waals surface area contributed by atoms with Crippen molar-refractivity contribution in [1.82, 2.24) is 20.4 Å². The maximum Gasteiger partial charge on any atom is 0.230 e. The molecule has 1 fully saturated rings. The van der Waals surface area contributed by atoms with E-state index in [-0.39, 0.29) is 0 Å². The van der Waals surface area contributed by atoms with E-state index in [0.29, 0.717) is 34.4 Å². The molecule has 21 heavy (non-hydrogen) atoms. The SMILES string of the molecule is CCNC1CCC(c2nc(-c3ncccc3Cl)no2)CC1. The molecule has 6 heteroatoms. The van der Waals surface area contributed by atoms with E-state index in [2.05, 4.69) is 27.4 Å². The van der Waals surface area contributed by atoms with Gasteiger partial charge < -0.3 is 9.84 Å². The molecule has 2 aromatic heterocycles. The van der Waals surface area contributed by atoms with Crippen LogP contribution in [0.25, 0.3) is 11.5 Å². The molecular formula is C15H19ClN4O. The minimum Gasteiger partial charge on any atom is -0.339 e. The fraction of sp³-hybridized carbons (Fsp3) is 0.533. The Morgan fingerprint density at radius 1 is 1.33 bits per heavy atom. The number of hydrogen-bond donors (Lipinski definition) is 1. The number of nitrogens with one attached hydrogen (secondary N) is 1. The zero-order valence-electron chi connectivity index (χ0n) is 12.1. The van der Waals surface area contributed by atoms with Crippen molar-refractivity contribution in [2.24, 2.45) is 0 Å². The van der Waals surface area contributed by atoms with Gasteiger partial charge in [0.25, 0.3) is 0 Å². The highest BCUT2D eigenvalue weighted by Crippen LogP contribution is 2.33. The second kappa shape index (κ2) is 6.54. The van der Waals surface area contributed by atoms with E-state index in [0.717, 1.165) is 32.2 Å². The molecule has 0 amide bonds. The van der Waals surface area contributed by atoms with Crippen LogP contribution in [0.15, 0.2) is 22.9 Å². The summed E-state index contributed by atoms with van der Waals surface area (Å²) < 4.78 is 5.43. The summed E-state index contributed by atoms with van der Waals surface area (Å²) in [5.41, 5.74) is 0.579. The van der Waals surface area contributed by atoms with E-state index in [9.17, 15) is 0 Å². The van der Waals surface area contributed by atoms with E-state index >= 15 is 0 Å². The van der Waals surface area contributed by atoms with Crippen LogP contribution in [0, 0.1) is 0 Å². The van der Waals surface area contributed by atoms with E-state index in [4.69, 9.17) is 16.1 Å². The quantitative estimate of drug-likeness (QED) is 0.937. The van der Waals surface area contributed by atoms with E-state index in [1.807, 2.05) is 0 Å². The molecule has 0 aromatic carbocycles. The average molecular weight is 307 g/mol. The van der Waals surface area contributed by atoms with Gasteiger partial charge in [-0.25, -0.2) is 0 Å². The molecule has 1 aliphatic carbocycles. The first kappa shape index (κ1) is 14.5. The van der Waals surface area contributed by atoms with Crippen molar-refractivity contribution in [2.75, 3.05) is 6.54 Å². The lowest BCUT2D eigenvalue weighted by Crippen LogP contribution is -2.32. The fourth-order valence-electron chi connectivity index (χ4n) is 2.88. The molecule has 0 atom stereocenters. The van der Waals surface area contributed by atoms with Crippen LogP contribution in [-0.4, -0.2) is 27.7 Å². The maximum absolute atomic E-state index is 6.12. The Hall–Kier alpha value is -1.46. The Kier molecular flexibility index (Phi) is 4.51. The largest absolute Gasteiger partial charge is 0.339 e. The van der Waals surface area contributed by atoms with E-state index < -0.39 is 0 Å². The first-order valence-electron chi connectivity index (χ1n) is 7.45. The van der Waals surface area contributed by atoms with Crippen molar-refractivity contribution in [3.8, 4) is 11.5 Å². The summed E-state index contributed by atoms with van der Waals surface area (Å²) in [5.74, 6) is 1.54. The third kappa shape index (κ3) is 3.24. The number of aromatic nitrogens is 3. The summed E-state index contributed by atoms with van der Waals surface area (Å²) in [6.07, 6.45) is 6.14. The molecule has 0 unspecified atom stereocenters. The Bertz CT molecular complexity index is 593. The molecule has 0 radical (unpaired) electrons. The second-order valence-electron chi connectivity index (χ2n) is 5.40. The number of hydrogen-bond acceptors (Lipinski definition) is 5. The van der Waals surface area contributed by atoms with Gasteiger partial charge in [0.1, 0.15) is 5.69 Å². The van der Waals surface area contributed by atoms with Gasteiger partial charge in [-0.2, -0.15) is 4.98 Å². The van der Waals surface area contributed by atoms with Gasteiger partial charge in [0, 0.05) is 18.2 Å². The van der Waals surface area contributed by atoms with Crippen LogP contribution in [0.5, 0.6) is 0 Å². The molecule has 0 aliphatic heterocycles. The van der Waals surface area contributed by atoms with Gasteiger partial charge in [-0.15, -0.1) is 0 Å². The molecular weight excluding hydrogens is 288 g/mol. The smallest absolute Gasteiger partial charge is 0.230 e. The molecule has 2 aromatic rings. The van der Waals surface area contributed by atoms with Crippen LogP contribution in [0.1, 0.15) is 44.4 Å². The van der Waals surface area contributed by atoms with Crippen molar-refractivity contribution in [3.63, 3.8) is 0 Å². The van der Waals surface area contributed by atoms with Gasteiger partial charge >= 0.3 is 0 Å². The van der Waals surface area contributed by atoms with Gasteiger partial charge in [-0.05, 0) is 44.4 Å². The predicted octanol–water partition coefficient (Wildman–Crippen LogP) is 3.42. The summed E-state index contributed by atoms with van der Waals surface area (Å²) in [6.45, 7) is 3.17. The Morgan fingerprint density at radius 2 is 2.14 bits per heavy atom. The van der Waals surface area contributed by atoms with Crippen LogP contribution in [0.4, 0.5) is 0 Å². The zero-order valence-corrected chi connectivity index (χ0v) is 12.8. The van der Waals surface area contributed by atoms with Crippen LogP contribution < -0.4 is 5.32 Å². The summed E-state index contributed by atoms with van der Waals surface area (Å²) in [4.78, 5) is 8.71. The van der Waals surface area contributed by atoms with Crippen LogP contribution in [0.2, 0.25) is 5.02 Å². The fourth-order valence-corrected chi connectivity index (χ4v) is 3.09. The highest BCUT2D eigenvalue weighted by Gasteiger charge is 2.26. The minimum absolute atomic E-state index is 0.351. The molecule has 0 bridgehead atoms. The van der Waals surface area contributed by atoms with Crippen molar-refractivity contribution < 1.29 is 4.52 Å². The third-order valence-corrected chi connectivity index (χ3v) is 4.29. The Labute approximate surface area is 129 Å². The number of halogens is 1. The monoisotopic (exact) mass is 306 g/mol. The Morgan fingerprint density at radius 3 is 2.86 bits per heavy atom. The van der Waals surface area contributed by atoms with Crippen molar-refractivity contribution in [3.05, 3.63) is 29.2 Å². The molecule has 1 aliphatic rings. The Balaban J connectivity index is 1.70. The molecule has 1 saturated carbocycles. The standard InChI is InChI=1S/C15H19ClN4O/c1-2-17-11-7-5-10(6-8-11)15-19-14(20-21-15)13-12(16)4-3-9-18-13/h3-4,9-11,17H,2,5-8H2,1H3. The minimum atomic E-state index is 0.351. The van der Waals surface area contributed by atoms with Crippen molar-refractivity contribution >= 4 is 11.6 Å². The predicted molar refractivity (Wildman–Crippen MR) is 81.2 cm³/mol. The van der Waals surface area contributed by atoms with Crippen LogP contribution in [0.3, 0.4) is 0 Å². The maximum atomic E-state index is 6.12. The number of pyridine rings is 1. The lowest BCUT2D eigenvalue weighted by atomic mass is 9.86. The average Bonchev–Trinajstić information content (AvgIpc) is 2.98. The molecule has 5 nitrogen and oxygen atoms in total. The summed E-state index contributed by atoms with van der Waals surface area (Å²) in [5, 5.41) is 8.07. The van der Waals surface area contributed by atoms with Crippen molar-refractivity contribution in [1.29, 1.82) is 0 Å². The zero-order chi connectivity index (χ0) is 14.7. The topological polar surface area (TPSA) is 63.8 Å². The van der Waals surface area contributed by atoms with Crippen molar-refractivity contribution in [2.45, 2.75) is 44.6 Å². The highest BCUT2D eigenvalue weighted by atomic mass is 35.5. The molecule has 112 valence electrons. The van der Waals surface area contributed by atoms with Gasteiger partial charge in [0.05, 0.1) is 5.02 Å². The molecule has 3 rings (SSSR count). The lowest BCUT2D eigenvalue weighted by molar-refractivity contribution is 0.284. The van der Waals surface area contributed by atoms with Gasteiger partial charge in [-0.3, -0.25) is 4.98 Å². The van der Waals surface area contributed by atoms with E-state index in [1.54, 1.807) is 18.3 Å². The highest BCUT2D eigenvalue weighted by molar-refractivity contribution is 6.32. The number of nitrogens with zero attached hydrogens (tertiary/aromatic N) is 3. The normalized spacial score (nSPS) is 22.4. The van der Waals surface area contributed by atoms with Crippen LogP contribution in [-0.2, 0) is 0 Å².